The van der Waals surface area contributed by atoms with Crippen molar-refractivity contribution in [2.24, 2.45) is 0 Å². The maximum Gasteiger partial charge on any atom is 0.508 e. The van der Waals surface area contributed by atoms with Gasteiger partial charge in [0, 0.05) is 14.2 Å². The molecule has 0 bridgehead atoms. The van der Waals surface area contributed by atoms with E-state index in [1.54, 1.807) is 0 Å². The predicted molar refractivity (Wildman–Crippen MR) is 56.8 cm³/mol. The Morgan fingerprint density at radius 2 is 1.89 bits per heavy atom. The minimum atomic E-state index is -1.36. The summed E-state index contributed by atoms with van der Waals surface area (Å²) in [6.45, 7) is 0.0725. The second kappa shape index (κ2) is 6.86. The summed E-state index contributed by atoms with van der Waals surface area (Å²) in [5.41, 5.74) is 0. The maximum absolute atomic E-state index is 11.0. The van der Waals surface area contributed by atoms with E-state index in [-0.39, 0.29) is 6.61 Å². The number of hydrogen-bond acceptors (Lipinski definition) is 8. The highest BCUT2D eigenvalue weighted by Crippen LogP contribution is 2.24. The molecular formula is C10H18O8. The van der Waals surface area contributed by atoms with Crippen molar-refractivity contribution in [1.82, 2.24) is 0 Å². The largest absolute Gasteiger partial charge is 0.508 e. The zero-order valence-electron chi connectivity index (χ0n) is 10.4. The van der Waals surface area contributed by atoms with E-state index in [1.807, 2.05) is 0 Å². The summed E-state index contributed by atoms with van der Waals surface area (Å²) < 4.78 is 24.2. The molecule has 1 fully saturated rings. The zero-order valence-corrected chi connectivity index (χ0v) is 10.4. The second-order valence-corrected chi connectivity index (χ2v) is 3.75. The molecule has 8 heteroatoms. The van der Waals surface area contributed by atoms with Crippen LogP contribution < -0.4 is 0 Å². The van der Waals surface area contributed by atoms with E-state index in [1.165, 1.54) is 14.2 Å². The van der Waals surface area contributed by atoms with E-state index >= 15 is 0 Å². The summed E-state index contributed by atoms with van der Waals surface area (Å²) in [5.74, 6) is 0. The van der Waals surface area contributed by atoms with Crippen LogP contribution >= 0.6 is 0 Å². The Labute approximate surface area is 104 Å². The molecule has 0 spiro atoms. The van der Waals surface area contributed by atoms with Gasteiger partial charge in [-0.2, -0.15) is 0 Å². The summed E-state index contributed by atoms with van der Waals surface area (Å²) >= 11 is 0. The van der Waals surface area contributed by atoms with E-state index in [4.69, 9.17) is 18.9 Å². The first-order valence-electron chi connectivity index (χ1n) is 5.33. The fourth-order valence-corrected chi connectivity index (χ4v) is 1.68. The highest BCUT2D eigenvalue weighted by molar-refractivity contribution is 5.60. The molecule has 0 amide bonds. The van der Waals surface area contributed by atoms with Crippen LogP contribution in [-0.2, 0) is 23.7 Å². The van der Waals surface area contributed by atoms with Crippen molar-refractivity contribution >= 4 is 6.16 Å². The van der Waals surface area contributed by atoms with Crippen molar-refractivity contribution in [3.05, 3.63) is 0 Å². The Morgan fingerprint density at radius 3 is 2.39 bits per heavy atom. The van der Waals surface area contributed by atoms with Gasteiger partial charge in [0.15, 0.2) is 12.4 Å². The van der Waals surface area contributed by atoms with E-state index in [2.05, 4.69) is 4.74 Å². The number of methoxy groups -OCH3 is 3. The molecule has 0 saturated carbocycles. The maximum atomic E-state index is 11.0. The van der Waals surface area contributed by atoms with Gasteiger partial charge in [0.1, 0.15) is 18.3 Å². The molecule has 1 aliphatic heterocycles. The zero-order chi connectivity index (χ0) is 13.7. The third-order valence-corrected chi connectivity index (χ3v) is 2.61. The molecular weight excluding hydrogens is 248 g/mol. The van der Waals surface area contributed by atoms with Gasteiger partial charge in [-0.25, -0.2) is 4.79 Å². The molecule has 0 aliphatic carbocycles. The van der Waals surface area contributed by atoms with Crippen LogP contribution in [-0.4, -0.2) is 75.0 Å². The minimum absolute atomic E-state index is 0.0725. The number of carbonyl (C=O) groups is 1. The van der Waals surface area contributed by atoms with Crippen molar-refractivity contribution in [2.75, 3.05) is 27.9 Å². The number of aliphatic hydroxyl groups is 2. The highest BCUT2D eigenvalue weighted by Gasteiger charge is 2.47. The van der Waals surface area contributed by atoms with Crippen LogP contribution in [0.25, 0.3) is 0 Å². The summed E-state index contributed by atoms with van der Waals surface area (Å²) in [7, 11) is 3.89. The van der Waals surface area contributed by atoms with Crippen LogP contribution in [0, 0.1) is 0 Å². The summed E-state index contributed by atoms with van der Waals surface area (Å²) in [6, 6.07) is 0. The fraction of sp³-hybridized carbons (Fsp3) is 0.900. The molecule has 2 N–H and O–H groups in total. The monoisotopic (exact) mass is 266 g/mol. The molecule has 1 heterocycles. The molecule has 18 heavy (non-hydrogen) atoms. The summed E-state index contributed by atoms with van der Waals surface area (Å²) in [6.07, 6.45) is -6.57. The number of ether oxygens (including phenoxy) is 5. The fourth-order valence-electron chi connectivity index (χ4n) is 1.68. The van der Waals surface area contributed by atoms with Crippen LogP contribution in [0.15, 0.2) is 0 Å². The number of rotatable bonds is 4. The van der Waals surface area contributed by atoms with E-state index in [0.717, 1.165) is 7.11 Å². The molecule has 1 rings (SSSR count). The average molecular weight is 266 g/mol. The van der Waals surface area contributed by atoms with E-state index < -0.39 is 36.9 Å². The Hall–Kier alpha value is -0.930. The highest BCUT2D eigenvalue weighted by atomic mass is 16.8. The van der Waals surface area contributed by atoms with E-state index in [9.17, 15) is 15.0 Å². The lowest BCUT2D eigenvalue weighted by molar-refractivity contribution is -0.296. The molecule has 0 radical (unpaired) electrons. The van der Waals surface area contributed by atoms with Gasteiger partial charge >= 0.3 is 6.16 Å². The number of hydrogen-bond donors (Lipinski definition) is 2. The van der Waals surface area contributed by atoms with Gasteiger partial charge in [0.25, 0.3) is 0 Å². The van der Waals surface area contributed by atoms with Gasteiger partial charge in [-0.05, 0) is 0 Å². The minimum Gasteiger partial charge on any atom is -0.438 e. The third-order valence-electron chi connectivity index (χ3n) is 2.61. The van der Waals surface area contributed by atoms with Crippen LogP contribution in [0.1, 0.15) is 0 Å². The van der Waals surface area contributed by atoms with Crippen LogP contribution in [0.5, 0.6) is 0 Å². The number of aliphatic hydroxyl groups excluding tert-OH is 2. The average Bonchev–Trinajstić information content (AvgIpc) is 2.38. The molecule has 1 saturated heterocycles. The molecule has 0 aromatic rings. The lowest BCUT2D eigenvalue weighted by Crippen LogP contribution is -2.60. The summed E-state index contributed by atoms with van der Waals surface area (Å²) in [5, 5.41) is 19.7. The lowest BCUT2D eigenvalue weighted by atomic mass is 9.99. The Kier molecular flexibility index (Phi) is 5.76. The Balaban J connectivity index is 2.74. The van der Waals surface area contributed by atoms with Crippen molar-refractivity contribution < 1.29 is 38.7 Å². The van der Waals surface area contributed by atoms with Gasteiger partial charge in [0.2, 0.25) is 0 Å². The first kappa shape index (κ1) is 15.1. The van der Waals surface area contributed by atoms with Gasteiger partial charge in [-0.15, -0.1) is 0 Å². The second-order valence-electron chi connectivity index (χ2n) is 3.75. The predicted octanol–water partition coefficient (Wildman–Crippen LogP) is -1.12. The van der Waals surface area contributed by atoms with Crippen molar-refractivity contribution in [3.63, 3.8) is 0 Å². The Bertz CT molecular complexity index is 269. The standard InChI is InChI=1S/C10H18O8/c1-14-4-5-6(11)7(12)8(9(15-2)17-5)18-10(13)16-3/h5-9,11-12H,4H2,1-3H3. The van der Waals surface area contributed by atoms with Crippen molar-refractivity contribution in [1.29, 1.82) is 0 Å². The topological polar surface area (TPSA) is 104 Å². The third kappa shape index (κ3) is 3.30. The molecule has 1 aliphatic rings. The summed E-state index contributed by atoms with van der Waals surface area (Å²) in [4.78, 5) is 11.0. The van der Waals surface area contributed by atoms with Crippen molar-refractivity contribution in [2.45, 2.75) is 30.7 Å². The molecule has 106 valence electrons. The van der Waals surface area contributed by atoms with Gasteiger partial charge in [-0.3, -0.25) is 0 Å². The van der Waals surface area contributed by atoms with Crippen LogP contribution in [0.2, 0.25) is 0 Å². The normalized spacial score (nSPS) is 36.2. The molecule has 5 unspecified atom stereocenters. The van der Waals surface area contributed by atoms with Crippen molar-refractivity contribution in [3.8, 4) is 0 Å². The van der Waals surface area contributed by atoms with Gasteiger partial charge in [0.05, 0.1) is 13.7 Å². The molecule has 0 aromatic heterocycles. The van der Waals surface area contributed by atoms with Crippen LogP contribution in [0.3, 0.4) is 0 Å². The number of carbonyl (C=O) groups excluding carboxylic acids is 1. The molecule has 5 atom stereocenters. The van der Waals surface area contributed by atoms with Crippen LogP contribution in [0.4, 0.5) is 4.79 Å². The molecule has 0 aromatic carbocycles. The SMILES string of the molecule is COCC1OC(OC)C(OC(=O)OC)C(O)C1O. The van der Waals surface area contributed by atoms with Gasteiger partial charge in [-0.1, -0.05) is 0 Å². The first-order chi connectivity index (χ1) is 8.54. The smallest absolute Gasteiger partial charge is 0.438 e. The molecule has 8 nitrogen and oxygen atoms in total. The lowest BCUT2D eigenvalue weighted by Gasteiger charge is -2.40. The first-order valence-corrected chi connectivity index (χ1v) is 5.33. The van der Waals surface area contributed by atoms with Gasteiger partial charge < -0.3 is 33.9 Å². The quantitative estimate of drug-likeness (QED) is 0.616. The van der Waals surface area contributed by atoms with E-state index in [0.29, 0.717) is 0 Å². The Morgan fingerprint density at radius 1 is 1.22 bits per heavy atom.